The van der Waals surface area contributed by atoms with E-state index in [0.29, 0.717) is 17.1 Å². The van der Waals surface area contributed by atoms with Crippen molar-refractivity contribution in [3.8, 4) is 11.5 Å². The first-order valence-corrected chi connectivity index (χ1v) is 5.78. The summed E-state index contributed by atoms with van der Waals surface area (Å²) >= 11 is 0. The quantitative estimate of drug-likeness (QED) is 0.365. The normalized spacial score (nSPS) is 12.3. The molecule has 0 unspecified atom stereocenters. The summed E-state index contributed by atoms with van der Waals surface area (Å²) in [7, 11) is 1.58. The molecule has 0 radical (unpaired) electrons. The van der Waals surface area contributed by atoms with Crippen molar-refractivity contribution in [3.05, 3.63) is 23.8 Å². The first-order chi connectivity index (χ1) is 8.43. The molecule has 100 valence electrons. The lowest BCUT2D eigenvalue weighted by molar-refractivity contribution is 0.104. The van der Waals surface area contributed by atoms with E-state index in [4.69, 9.17) is 20.4 Å². The molecule has 1 rings (SSSR count). The Balaban J connectivity index is 3.20. The zero-order valence-electron chi connectivity index (χ0n) is 11.2. The van der Waals surface area contributed by atoms with E-state index in [1.807, 2.05) is 20.8 Å². The minimum absolute atomic E-state index is 0.0135. The van der Waals surface area contributed by atoms with Crippen molar-refractivity contribution in [1.82, 2.24) is 0 Å². The molecule has 5 heteroatoms. The fraction of sp³-hybridized carbons (Fsp3) is 0.462. The maximum Gasteiger partial charge on any atom is 0.173 e. The summed E-state index contributed by atoms with van der Waals surface area (Å²) in [6.45, 7) is 5.98. The van der Waals surface area contributed by atoms with E-state index >= 15 is 0 Å². The number of methoxy groups -OCH3 is 1. The fourth-order valence-electron chi connectivity index (χ4n) is 1.35. The minimum atomic E-state index is -0.336. The topological polar surface area (TPSA) is 77.1 Å². The molecule has 0 spiro atoms. The average molecular weight is 252 g/mol. The van der Waals surface area contributed by atoms with Gasteiger partial charge in [-0.05, 0) is 32.4 Å². The molecule has 3 N–H and O–H groups in total. The zero-order chi connectivity index (χ0) is 13.8. The number of oxime groups is 1. The summed E-state index contributed by atoms with van der Waals surface area (Å²) in [6, 6.07) is 5.17. The van der Waals surface area contributed by atoms with Crippen LogP contribution in [-0.4, -0.2) is 23.8 Å². The lowest BCUT2D eigenvalue weighted by atomic mass is 10.1. The van der Waals surface area contributed by atoms with Crippen LogP contribution in [0.4, 0.5) is 0 Å². The largest absolute Gasteiger partial charge is 0.497 e. The van der Waals surface area contributed by atoms with Crippen molar-refractivity contribution in [2.75, 3.05) is 7.11 Å². The van der Waals surface area contributed by atoms with Gasteiger partial charge in [-0.3, -0.25) is 0 Å². The van der Waals surface area contributed by atoms with Gasteiger partial charge in [0.1, 0.15) is 17.1 Å². The van der Waals surface area contributed by atoms with Crippen LogP contribution in [-0.2, 0) is 0 Å². The molecule has 0 saturated carbocycles. The van der Waals surface area contributed by atoms with E-state index in [-0.39, 0.29) is 11.4 Å². The van der Waals surface area contributed by atoms with Crippen LogP contribution in [0.3, 0.4) is 0 Å². The van der Waals surface area contributed by atoms with Crippen LogP contribution >= 0.6 is 0 Å². The van der Waals surface area contributed by atoms with Crippen LogP contribution in [0, 0.1) is 0 Å². The Morgan fingerprint density at radius 1 is 1.44 bits per heavy atom. The third kappa shape index (κ3) is 3.29. The molecule has 5 nitrogen and oxygen atoms in total. The number of nitrogens with zero attached hydrogens (tertiary/aromatic N) is 1. The highest BCUT2D eigenvalue weighted by molar-refractivity contribution is 5.99. The van der Waals surface area contributed by atoms with Gasteiger partial charge in [0.05, 0.1) is 12.7 Å². The summed E-state index contributed by atoms with van der Waals surface area (Å²) in [5.74, 6) is 1.21. The van der Waals surface area contributed by atoms with Crippen LogP contribution in [0.5, 0.6) is 11.5 Å². The van der Waals surface area contributed by atoms with Crippen LogP contribution in [0.1, 0.15) is 32.8 Å². The predicted octanol–water partition coefficient (Wildman–Crippen LogP) is 2.36. The van der Waals surface area contributed by atoms with E-state index < -0.39 is 0 Å². The van der Waals surface area contributed by atoms with Crippen LogP contribution in [0.15, 0.2) is 23.4 Å². The maximum atomic E-state index is 8.77. The van der Waals surface area contributed by atoms with Crippen molar-refractivity contribution < 1.29 is 14.7 Å². The van der Waals surface area contributed by atoms with Gasteiger partial charge in [0.2, 0.25) is 0 Å². The maximum absolute atomic E-state index is 8.77. The highest BCUT2D eigenvalue weighted by Gasteiger charge is 2.20. The molecule has 0 atom stereocenters. The summed E-state index contributed by atoms with van der Waals surface area (Å²) in [5, 5.41) is 11.8. The monoisotopic (exact) mass is 252 g/mol. The number of hydrogen-bond acceptors (Lipinski definition) is 4. The Morgan fingerprint density at radius 3 is 2.61 bits per heavy atom. The Labute approximate surface area is 107 Å². The third-order valence-electron chi connectivity index (χ3n) is 2.81. The lowest BCUT2D eigenvalue weighted by Gasteiger charge is -2.26. The number of ether oxygens (including phenoxy) is 2. The smallest absolute Gasteiger partial charge is 0.173 e. The van der Waals surface area contributed by atoms with Gasteiger partial charge < -0.3 is 20.4 Å². The van der Waals surface area contributed by atoms with E-state index in [1.165, 1.54) is 0 Å². The van der Waals surface area contributed by atoms with E-state index in [9.17, 15) is 0 Å². The van der Waals surface area contributed by atoms with Gasteiger partial charge in [-0.1, -0.05) is 12.1 Å². The van der Waals surface area contributed by atoms with Crippen molar-refractivity contribution in [2.24, 2.45) is 10.9 Å². The van der Waals surface area contributed by atoms with Gasteiger partial charge in [0, 0.05) is 6.07 Å². The van der Waals surface area contributed by atoms with Crippen LogP contribution < -0.4 is 15.2 Å². The number of hydrogen-bond donors (Lipinski definition) is 2. The molecule has 0 heterocycles. The fourth-order valence-corrected chi connectivity index (χ4v) is 1.35. The highest BCUT2D eigenvalue weighted by Crippen LogP contribution is 2.29. The van der Waals surface area contributed by atoms with Gasteiger partial charge in [0.15, 0.2) is 5.84 Å². The molecule has 0 aliphatic heterocycles. The number of amidine groups is 1. The SMILES string of the molecule is CCC(C)(C)Oc1cc(OC)ccc1/C(N)=N/O. The van der Waals surface area contributed by atoms with E-state index in [1.54, 1.807) is 25.3 Å². The molecule has 0 aromatic heterocycles. The Kier molecular flexibility index (Phi) is 4.42. The van der Waals surface area contributed by atoms with Crippen molar-refractivity contribution in [2.45, 2.75) is 32.8 Å². The van der Waals surface area contributed by atoms with E-state index in [0.717, 1.165) is 6.42 Å². The molecule has 0 aliphatic rings. The van der Waals surface area contributed by atoms with Crippen molar-refractivity contribution in [3.63, 3.8) is 0 Å². The standard InChI is InChI=1S/C13H20N2O3/c1-5-13(2,3)18-11-8-9(17-4)6-7-10(11)12(14)15-16/h6-8,16H,5H2,1-4H3,(H2,14,15). The van der Waals surface area contributed by atoms with Gasteiger partial charge in [-0.2, -0.15) is 0 Å². The van der Waals surface area contributed by atoms with Crippen molar-refractivity contribution >= 4 is 5.84 Å². The molecule has 0 bridgehead atoms. The first kappa shape index (κ1) is 14.2. The second kappa shape index (κ2) is 5.62. The first-order valence-electron chi connectivity index (χ1n) is 5.78. The van der Waals surface area contributed by atoms with E-state index in [2.05, 4.69) is 5.16 Å². The summed E-state index contributed by atoms with van der Waals surface area (Å²) in [5.41, 5.74) is 5.83. The van der Waals surface area contributed by atoms with Crippen molar-refractivity contribution in [1.29, 1.82) is 0 Å². The summed E-state index contributed by atoms with van der Waals surface area (Å²) < 4.78 is 11.0. The lowest BCUT2D eigenvalue weighted by Crippen LogP contribution is -2.28. The van der Waals surface area contributed by atoms with Crippen LogP contribution in [0.25, 0.3) is 0 Å². The average Bonchev–Trinajstić information content (AvgIpc) is 2.37. The molecule has 0 amide bonds. The predicted molar refractivity (Wildman–Crippen MR) is 70.5 cm³/mol. The minimum Gasteiger partial charge on any atom is -0.497 e. The number of nitrogens with two attached hydrogens (primary N) is 1. The molecule has 1 aromatic carbocycles. The highest BCUT2D eigenvalue weighted by atomic mass is 16.5. The second-order valence-corrected chi connectivity index (χ2v) is 4.56. The second-order valence-electron chi connectivity index (χ2n) is 4.56. The molecule has 0 fully saturated rings. The molecule has 0 saturated heterocycles. The Bertz CT molecular complexity index is 442. The molecule has 0 aliphatic carbocycles. The number of rotatable bonds is 5. The Hall–Kier alpha value is -1.91. The molecular weight excluding hydrogens is 232 g/mol. The van der Waals surface area contributed by atoms with Gasteiger partial charge in [0.25, 0.3) is 0 Å². The molecular formula is C13H20N2O3. The number of benzene rings is 1. The molecule has 18 heavy (non-hydrogen) atoms. The van der Waals surface area contributed by atoms with Gasteiger partial charge >= 0.3 is 0 Å². The summed E-state index contributed by atoms with van der Waals surface area (Å²) in [6.07, 6.45) is 0.833. The summed E-state index contributed by atoms with van der Waals surface area (Å²) in [4.78, 5) is 0. The Morgan fingerprint density at radius 2 is 2.11 bits per heavy atom. The van der Waals surface area contributed by atoms with Crippen LogP contribution in [0.2, 0.25) is 0 Å². The third-order valence-corrected chi connectivity index (χ3v) is 2.81. The molecule has 1 aromatic rings. The van der Waals surface area contributed by atoms with Gasteiger partial charge in [-0.15, -0.1) is 0 Å². The zero-order valence-corrected chi connectivity index (χ0v) is 11.2. The van der Waals surface area contributed by atoms with Gasteiger partial charge in [-0.25, -0.2) is 0 Å².